The molecule has 2 aromatic rings. The van der Waals surface area contributed by atoms with Crippen LogP contribution < -0.4 is 0 Å². The van der Waals surface area contributed by atoms with Crippen LogP contribution in [-0.2, 0) is 14.9 Å². The number of carbonyl (C=O) groups excluding carboxylic acids is 1. The number of aryl methyl sites for hydroxylation is 1. The summed E-state index contributed by atoms with van der Waals surface area (Å²) in [6.45, 7) is 3.52. The van der Waals surface area contributed by atoms with E-state index in [1.807, 2.05) is 19.1 Å². The molecular weight excluding hydrogens is 341 g/mol. The molecule has 0 radical (unpaired) electrons. The minimum Gasteiger partial charge on any atom is -0.468 e. The maximum Gasteiger partial charge on any atom is 0.320 e. The van der Waals surface area contributed by atoms with Crippen molar-refractivity contribution in [3.05, 3.63) is 69.8 Å². The van der Waals surface area contributed by atoms with E-state index >= 15 is 0 Å². The monoisotopic (exact) mass is 359 g/mol. The summed E-state index contributed by atoms with van der Waals surface area (Å²) in [4.78, 5) is 17.0. The van der Waals surface area contributed by atoms with E-state index in [2.05, 4.69) is 4.98 Å². The Balaban J connectivity index is 2.15. The Labute approximate surface area is 151 Å². The maximum atomic E-state index is 14.1. The quantitative estimate of drug-likeness (QED) is 0.740. The van der Waals surface area contributed by atoms with Crippen LogP contribution in [0.1, 0.15) is 35.2 Å². The first-order valence-corrected chi connectivity index (χ1v) is 8.45. The molecule has 5 heteroatoms. The molecule has 1 aliphatic carbocycles. The molecule has 1 aromatic heterocycles. The van der Waals surface area contributed by atoms with Crippen LogP contribution in [0.3, 0.4) is 0 Å². The van der Waals surface area contributed by atoms with Crippen LogP contribution in [0.15, 0.2) is 36.5 Å². The van der Waals surface area contributed by atoms with E-state index in [4.69, 9.17) is 16.3 Å². The number of benzene rings is 1. The van der Waals surface area contributed by atoms with Gasteiger partial charge < -0.3 is 4.74 Å². The Hall–Kier alpha value is -2.20. The highest BCUT2D eigenvalue weighted by atomic mass is 35.5. The molecule has 0 fully saturated rings. The highest BCUT2D eigenvalue weighted by molar-refractivity contribution is 6.31. The van der Waals surface area contributed by atoms with Crippen LogP contribution >= 0.6 is 11.6 Å². The second kappa shape index (κ2) is 6.60. The molecule has 0 saturated carbocycles. The zero-order valence-corrected chi connectivity index (χ0v) is 15.2. The number of ether oxygens (including phenoxy) is 1. The van der Waals surface area contributed by atoms with Crippen molar-refractivity contribution < 1.29 is 13.9 Å². The van der Waals surface area contributed by atoms with Gasteiger partial charge in [0, 0.05) is 6.20 Å². The Morgan fingerprint density at radius 2 is 2.12 bits per heavy atom. The third-order valence-corrected chi connectivity index (χ3v) is 5.29. The topological polar surface area (TPSA) is 39.2 Å². The summed E-state index contributed by atoms with van der Waals surface area (Å²) in [5.74, 6) is -0.718. The highest BCUT2D eigenvalue weighted by Crippen LogP contribution is 2.45. The van der Waals surface area contributed by atoms with Crippen molar-refractivity contribution in [3.63, 3.8) is 0 Å². The van der Waals surface area contributed by atoms with Crippen LogP contribution in [-0.4, -0.2) is 18.1 Å². The van der Waals surface area contributed by atoms with Gasteiger partial charge in [0.25, 0.3) is 0 Å². The minimum absolute atomic E-state index is 0.331. The number of nitrogens with zero attached hydrogens (tertiary/aromatic N) is 1. The van der Waals surface area contributed by atoms with E-state index in [-0.39, 0.29) is 11.8 Å². The average Bonchev–Trinajstić information content (AvgIpc) is 3.05. The summed E-state index contributed by atoms with van der Waals surface area (Å²) in [6, 6.07) is 6.65. The fourth-order valence-corrected chi connectivity index (χ4v) is 3.61. The van der Waals surface area contributed by atoms with Gasteiger partial charge in [-0.2, -0.15) is 0 Å². The van der Waals surface area contributed by atoms with Crippen molar-refractivity contribution in [1.82, 2.24) is 4.98 Å². The van der Waals surface area contributed by atoms with Crippen molar-refractivity contribution in [2.75, 3.05) is 7.11 Å². The largest absolute Gasteiger partial charge is 0.468 e. The molecule has 0 amide bonds. The summed E-state index contributed by atoms with van der Waals surface area (Å²) in [5, 5.41) is 0.580. The smallest absolute Gasteiger partial charge is 0.320 e. The van der Waals surface area contributed by atoms with Gasteiger partial charge in [0.2, 0.25) is 0 Å². The number of allylic oxidation sites excluding steroid dienone is 1. The number of halogens is 2. The van der Waals surface area contributed by atoms with Gasteiger partial charge in [0.15, 0.2) is 0 Å². The summed E-state index contributed by atoms with van der Waals surface area (Å²) < 4.78 is 19.2. The zero-order valence-electron chi connectivity index (χ0n) is 14.4. The lowest BCUT2D eigenvalue weighted by Crippen LogP contribution is -2.34. The van der Waals surface area contributed by atoms with Gasteiger partial charge in [-0.25, -0.2) is 4.39 Å². The first kappa shape index (κ1) is 17.6. The molecule has 1 aromatic carbocycles. The van der Waals surface area contributed by atoms with E-state index in [1.54, 1.807) is 25.3 Å². The van der Waals surface area contributed by atoms with E-state index in [1.165, 1.54) is 13.2 Å². The Morgan fingerprint density at radius 1 is 1.36 bits per heavy atom. The number of rotatable bonds is 3. The third-order valence-electron chi connectivity index (χ3n) is 4.90. The summed E-state index contributed by atoms with van der Waals surface area (Å²) in [7, 11) is 1.36. The standard InChI is InChI=1S/C20H19ClFNO2/c1-12-16(5-4-6-18(12)22)20(19(24)25-3)8-7-14(10-20)15-9-17(21)13(2)23-11-15/h4-6,9-11H,7-8H2,1-3H3. The van der Waals surface area contributed by atoms with Gasteiger partial charge in [-0.15, -0.1) is 0 Å². The number of methoxy groups -OCH3 is 1. The molecule has 1 atom stereocenters. The van der Waals surface area contributed by atoms with E-state index in [9.17, 15) is 9.18 Å². The minimum atomic E-state index is -0.992. The fraction of sp³-hybridized carbons (Fsp3) is 0.300. The molecule has 0 spiro atoms. The Kier molecular flexibility index (Phi) is 4.65. The summed E-state index contributed by atoms with van der Waals surface area (Å²) >= 11 is 6.19. The van der Waals surface area contributed by atoms with Gasteiger partial charge in [-0.1, -0.05) is 29.8 Å². The second-order valence-corrected chi connectivity index (χ2v) is 6.74. The van der Waals surface area contributed by atoms with E-state index in [0.29, 0.717) is 29.0 Å². The van der Waals surface area contributed by atoms with Gasteiger partial charge in [-0.05, 0) is 61.1 Å². The van der Waals surface area contributed by atoms with Crippen molar-refractivity contribution in [3.8, 4) is 0 Å². The summed E-state index contributed by atoms with van der Waals surface area (Å²) in [6.07, 6.45) is 4.80. The second-order valence-electron chi connectivity index (χ2n) is 6.34. The predicted octanol–water partition coefficient (Wildman–Crippen LogP) is 4.78. The highest BCUT2D eigenvalue weighted by Gasteiger charge is 2.44. The molecule has 3 rings (SSSR count). The first-order valence-electron chi connectivity index (χ1n) is 8.07. The number of esters is 1. The van der Waals surface area contributed by atoms with Gasteiger partial charge in [0.1, 0.15) is 11.2 Å². The molecule has 1 aliphatic rings. The first-order chi connectivity index (χ1) is 11.9. The lowest BCUT2D eigenvalue weighted by Gasteiger charge is -2.26. The zero-order chi connectivity index (χ0) is 18.2. The molecule has 130 valence electrons. The van der Waals surface area contributed by atoms with Crippen molar-refractivity contribution in [2.45, 2.75) is 32.1 Å². The van der Waals surface area contributed by atoms with Gasteiger partial charge in [0.05, 0.1) is 17.8 Å². The summed E-state index contributed by atoms with van der Waals surface area (Å²) in [5.41, 5.74) is 2.70. The van der Waals surface area contributed by atoms with Gasteiger partial charge in [-0.3, -0.25) is 9.78 Å². The number of pyridine rings is 1. The van der Waals surface area contributed by atoms with Crippen molar-refractivity contribution in [2.24, 2.45) is 0 Å². The molecule has 0 aliphatic heterocycles. The van der Waals surface area contributed by atoms with Crippen LogP contribution in [0.5, 0.6) is 0 Å². The molecule has 1 heterocycles. The fourth-order valence-electron chi connectivity index (χ4n) is 3.44. The molecule has 1 unspecified atom stereocenters. The van der Waals surface area contributed by atoms with Crippen molar-refractivity contribution in [1.29, 1.82) is 0 Å². The molecule has 25 heavy (non-hydrogen) atoms. The van der Waals surface area contributed by atoms with Crippen LogP contribution in [0.4, 0.5) is 4.39 Å². The molecular formula is C20H19ClFNO2. The van der Waals surface area contributed by atoms with E-state index < -0.39 is 5.41 Å². The normalized spacial score (nSPS) is 19.6. The number of hydrogen-bond acceptors (Lipinski definition) is 3. The molecule has 0 saturated heterocycles. The SMILES string of the molecule is COC(=O)C1(c2cccc(F)c2C)C=C(c2cnc(C)c(Cl)c2)CC1. The average molecular weight is 360 g/mol. The predicted molar refractivity (Wildman–Crippen MR) is 96.0 cm³/mol. The molecule has 0 N–H and O–H groups in total. The Morgan fingerprint density at radius 3 is 2.80 bits per heavy atom. The van der Waals surface area contributed by atoms with Crippen molar-refractivity contribution >= 4 is 23.1 Å². The number of carbonyl (C=O) groups is 1. The van der Waals surface area contributed by atoms with E-state index in [0.717, 1.165) is 16.8 Å². The van der Waals surface area contributed by atoms with Gasteiger partial charge >= 0.3 is 5.97 Å². The lowest BCUT2D eigenvalue weighted by atomic mass is 9.77. The number of aromatic nitrogens is 1. The van der Waals surface area contributed by atoms with Crippen LogP contribution in [0.2, 0.25) is 5.02 Å². The number of hydrogen-bond donors (Lipinski definition) is 0. The third kappa shape index (κ3) is 2.95. The molecule has 0 bridgehead atoms. The lowest BCUT2D eigenvalue weighted by molar-refractivity contribution is -0.145. The van der Waals surface area contributed by atoms with Crippen LogP contribution in [0, 0.1) is 19.7 Å². The molecule has 3 nitrogen and oxygen atoms in total. The van der Waals surface area contributed by atoms with Crippen LogP contribution in [0.25, 0.3) is 5.57 Å². The maximum absolute atomic E-state index is 14.1. The Bertz CT molecular complexity index is 878.